The molecule has 0 bridgehead atoms. The molecule has 0 radical (unpaired) electrons. The second-order valence-corrected chi connectivity index (χ2v) is 15.5. The van der Waals surface area contributed by atoms with E-state index in [1.54, 1.807) is 12.1 Å². The summed E-state index contributed by atoms with van der Waals surface area (Å²) in [5, 5.41) is 26.0. The quantitative estimate of drug-likeness (QED) is 0.0511. The average molecular weight is 754 g/mol. The number of halogens is 1. The first-order chi connectivity index (χ1) is 24.3. The number of nitrogens with one attached hydrogen (secondary N) is 2. The molecule has 0 aliphatic rings. The molecule has 5 aromatic rings. The maximum absolute atomic E-state index is 14.6. The fourth-order valence-corrected chi connectivity index (χ4v) is 7.34. The van der Waals surface area contributed by atoms with Crippen molar-refractivity contribution in [1.29, 1.82) is 0 Å². The number of rotatable bonds is 16. The van der Waals surface area contributed by atoms with E-state index < -0.39 is 33.7 Å². The van der Waals surface area contributed by atoms with E-state index in [1.165, 1.54) is 23.5 Å². The molecule has 5 rings (SSSR count). The van der Waals surface area contributed by atoms with E-state index in [0.717, 1.165) is 27.1 Å². The van der Waals surface area contributed by atoms with Crippen LogP contribution in [-0.4, -0.2) is 82.1 Å². The first-order valence-corrected chi connectivity index (χ1v) is 19.1. The Bertz CT molecular complexity index is 2150. The van der Waals surface area contributed by atoms with Gasteiger partial charge in [0.15, 0.2) is 33.3 Å². The van der Waals surface area contributed by atoms with Crippen LogP contribution in [0.2, 0.25) is 0 Å². The molecule has 268 valence electrons. The van der Waals surface area contributed by atoms with Crippen molar-refractivity contribution in [3.63, 3.8) is 0 Å². The molecule has 0 amide bonds. The third kappa shape index (κ3) is 10.9. The van der Waals surface area contributed by atoms with Gasteiger partial charge >= 0.3 is 5.97 Å². The van der Waals surface area contributed by atoms with Gasteiger partial charge in [0.25, 0.3) is 10.1 Å². The Labute approximate surface area is 302 Å². The molecule has 13 nitrogen and oxygen atoms in total. The average Bonchev–Trinajstić information content (AvgIpc) is 3.67. The number of fused-ring (bicyclic) bond motifs is 1. The van der Waals surface area contributed by atoms with Gasteiger partial charge in [-0.15, -0.1) is 16.4 Å². The van der Waals surface area contributed by atoms with E-state index in [1.807, 2.05) is 50.2 Å². The van der Waals surface area contributed by atoms with Crippen LogP contribution in [0.4, 0.5) is 20.5 Å². The largest absolute Gasteiger partial charge is 0.491 e. The number of thiazole rings is 2. The maximum Gasteiger partial charge on any atom is 0.355 e. The Morgan fingerprint density at radius 3 is 2.59 bits per heavy atom. The summed E-state index contributed by atoms with van der Waals surface area (Å²) in [4.78, 5) is 23.4. The van der Waals surface area contributed by atoms with Crippen LogP contribution in [0.15, 0.2) is 48.5 Å². The van der Waals surface area contributed by atoms with Crippen molar-refractivity contribution in [2.75, 3.05) is 43.6 Å². The number of carboxylic acids is 1. The minimum absolute atomic E-state index is 0.0729. The van der Waals surface area contributed by atoms with E-state index in [0.29, 0.717) is 46.5 Å². The molecule has 1 unspecified atom stereocenters. The number of aromatic carboxylic acids is 1. The molecule has 17 heteroatoms. The fourth-order valence-electron chi connectivity index (χ4n) is 4.90. The van der Waals surface area contributed by atoms with Gasteiger partial charge in [-0.1, -0.05) is 35.3 Å². The van der Waals surface area contributed by atoms with Gasteiger partial charge < -0.3 is 20.5 Å². The number of nitrogens with zero attached hydrogens (tertiary/aromatic N) is 5. The highest BCUT2D eigenvalue weighted by molar-refractivity contribution is 7.85. The minimum Gasteiger partial charge on any atom is -0.491 e. The summed E-state index contributed by atoms with van der Waals surface area (Å²) in [5.41, 5.74) is 2.47. The number of carboxylic acid groups (broad SMARTS) is 1. The monoisotopic (exact) mass is 753 g/mol. The normalized spacial score (nSPS) is 12.0. The molecule has 0 aliphatic heterocycles. The summed E-state index contributed by atoms with van der Waals surface area (Å²) in [6, 6.07) is 13.4. The Kier molecular flexibility index (Phi) is 12.5. The Morgan fingerprint density at radius 1 is 1.08 bits per heavy atom. The lowest BCUT2D eigenvalue weighted by atomic mass is 10.1. The Balaban J connectivity index is 1.26. The smallest absolute Gasteiger partial charge is 0.355 e. The first-order valence-electron chi connectivity index (χ1n) is 15.8. The molecule has 0 spiro atoms. The molecule has 4 N–H and O–H groups in total. The first kappa shape index (κ1) is 37.5. The minimum atomic E-state index is -4.21. The molecular formula is C34H36FN7O6S3. The van der Waals surface area contributed by atoms with Crippen LogP contribution in [-0.2, 0) is 16.5 Å². The molecule has 0 saturated carbocycles. The molecule has 51 heavy (non-hydrogen) atoms. The van der Waals surface area contributed by atoms with Gasteiger partial charge in [-0.3, -0.25) is 9.45 Å². The van der Waals surface area contributed by atoms with Crippen molar-refractivity contribution in [2.24, 2.45) is 0 Å². The number of hydrogen-bond acceptors (Lipinski definition) is 13. The maximum atomic E-state index is 14.6. The topological polar surface area (TPSA) is 180 Å². The van der Waals surface area contributed by atoms with Crippen molar-refractivity contribution in [3.8, 4) is 17.6 Å². The zero-order chi connectivity index (χ0) is 36.5. The van der Waals surface area contributed by atoms with E-state index >= 15 is 0 Å². The van der Waals surface area contributed by atoms with Gasteiger partial charge in [0.1, 0.15) is 0 Å². The zero-order valence-corrected chi connectivity index (χ0v) is 30.5. The van der Waals surface area contributed by atoms with Gasteiger partial charge in [0.2, 0.25) is 0 Å². The van der Waals surface area contributed by atoms with Crippen LogP contribution < -0.4 is 15.4 Å². The molecule has 2 aromatic carbocycles. The summed E-state index contributed by atoms with van der Waals surface area (Å²) in [6.07, 6.45) is 0.992. The molecule has 3 heterocycles. The van der Waals surface area contributed by atoms with Crippen LogP contribution in [0.25, 0.3) is 10.2 Å². The lowest BCUT2D eigenvalue weighted by Crippen LogP contribution is -2.16. The molecule has 0 aliphatic carbocycles. The number of para-hydroxylation sites is 1. The molecule has 3 aromatic heterocycles. The van der Waals surface area contributed by atoms with Crippen LogP contribution in [0.3, 0.4) is 0 Å². The van der Waals surface area contributed by atoms with Crippen LogP contribution in [0, 0.1) is 24.6 Å². The number of carbonyl (C=O) groups is 1. The van der Waals surface area contributed by atoms with Crippen molar-refractivity contribution in [3.05, 3.63) is 81.7 Å². The summed E-state index contributed by atoms with van der Waals surface area (Å²) in [5.74, 6) is 4.21. The Hall–Kier alpha value is -4.73. The lowest BCUT2D eigenvalue weighted by molar-refractivity contribution is 0.0690. The van der Waals surface area contributed by atoms with E-state index in [9.17, 15) is 27.3 Å². The van der Waals surface area contributed by atoms with Gasteiger partial charge in [-0.2, -0.15) is 13.5 Å². The van der Waals surface area contributed by atoms with Crippen LogP contribution in [0.1, 0.15) is 57.5 Å². The predicted molar refractivity (Wildman–Crippen MR) is 196 cm³/mol. The number of aromatic nitrogens is 4. The van der Waals surface area contributed by atoms with Gasteiger partial charge in [-0.05, 0) is 88.7 Å². The van der Waals surface area contributed by atoms with E-state index in [2.05, 4.69) is 42.6 Å². The molecular weight excluding hydrogens is 718 g/mol. The number of hydrogen-bond donors (Lipinski definition) is 4. The number of anilines is 3. The standard InChI is InChI=1S/C34H36FN7O6S3/c1-21-19-26(40-41-31(21)39-34-37-25-10-4-5-12-28(25)49-34)24(11-8-18-51(45,46)47)36-33-38-30(32(43)44)29(50-33)13-7-17-48-27-15-14-22(20-23(27)35)9-6-16-42(2)3/h4-5,10,12,14-15,19-20,24H,7-8,11,13,16-18H2,1-3H3,(H,36,38)(H,43,44)(H,37,39,41)(H,45,46,47). The second-order valence-electron chi connectivity index (χ2n) is 11.8. The number of aryl methyl sites for hydroxylation is 2. The number of ether oxygens (including phenoxy) is 1. The van der Waals surface area contributed by atoms with E-state index in [4.69, 9.17) is 4.74 Å². The summed E-state index contributed by atoms with van der Waals surface area (Å²) < 4.78 is 53.5. The number of benzene rings is 2. The third-order valence-corrected chi connectivity index (χ3v) is 10.1. The van der Waals surface area contributed by atoms with Crippen molar-refractivity contribution >= 4 is 65.1 Å². The van der Waals surface area contributed by atoms with Crippen LogP contribution >= 0.6 is 22.7 Å². The van der Waals surface area contributed by atoms with Gasteiger partial charge in [-0.25, -0.2) is 19.2 Å². The Morgan fingerprint density at radius 2 is 1.88 bits per heavy atom. The van der Waals surface area contributed by atoms with Gasteiger partial charge in [0.05, 0.1) is 40.9 Å². The van der Waals surface area contributed by atoms with E-state index in [-0.39, 0.29) is 36.0 Å². The van der Waals surface area contributed by atoms with Gasteiger partial charge in [0, 0.05) is 10.4 Å². The fraction of sp³-hybridized carbons (Fsp3) is 0.324. The summed E-state index contributed by atoms with van der Waals surface area (Å²) in [6.45, 7) is 2.52. The van der Waals surface area contributed by atoms with Crippen LogP contribution in [0.5, 0.6) is 5.75 Å². The summed E-state index contributed by atoms with van der Waals surface area (Å²) in [7, 11) is -0.422. The lowest BCUT2D eigenvalue weighted by Gasteiger charge is -2.18. The summed E-state index contributed by atoms with van der Waals surface area (Å²) >= 11 is 2.61. The third-order valence-electron chi connectivity index (χ3n) is 7.34. The second kappa shape index (κ2) is 17.0. The molecule has 1 atom stereocenters. The molecule has 0 fully saturated rings. The van der Waals surface area contributed by atoms with Crippen molar-refractivity contribution in [2.45, 2.75) is 38.6 Å². The van der Waals surface area contributed by atoms with Crippen molar-refractivity contribution in [1.82, 2.24) is 25.1 Å². The highest BCUT2D eigenvalue weighted by atomic mass is 32.2. The highest BCUT2D eigenvalue weighted by Gasteiger charge is 2.22. The SMILES string of the molecule is Cc1cc(C(CCCS(=O)(=O)O)Nc2nc(C(=O)O)c(CCCOc3ccc(C#CCN(C)C)cc3F)s2)nnc1Nc1nc2ccccc2s1. The van der Waals surface area contributed by atoms with Crippen molar-refractivity contribution < 1.29 is 32.0 Å². The highest BCUT2D eigenvalue weighted by Crippen LogP contribution is 2.32. The predicted octanol–water partition coefficient (Wildman–Crippen LogP) is 6.18. The zero-order valence-electron chi connectivity index (χ0n) is 28.0. The molecule has 0 saturated heterocycles.